The second-order valence-corrected chi connectivity index (χ2v) is 6.24. The molecule has 1 amide bonds. The van der Waals surface area contributed by atoms with Gasteiger partial charge in [-0.1, -0.05) is 19.1 Å². The van der Waals surface area contributed by atoms with Gasteiger partial charge in [0.1, 0.15) is 0 Å². The third kappa shape index (κ3) is 2.64. The molecule has 0 saturated heterocycles. The van der Waals surface area contributed by atoms with Crippen molar-refractivity contribution in [3.8, 4) is 0 Å². The normalized spacial score (nSPS) is 18.1. The van der Waals surface area contributed by atoms with Crippen LogP contribution in [0.1, 0.15) is 25.3 Å². The molecule has 0 aromatic heterocycles. The highest BCUT2D eigenvalue weighted by Gasteiger charge is 2.51. The van der Waals surface area contributed by atoms with Gasteiger partial charge in [0.2, 0.25) is 5.91 Å². The fourth-order valence-electron chi connectivity index (χ4n) is 2.06. The molecular weight excluding hydrogens is 244 g/mol. The molecule has 1 saturated carbocycles. The molecule has 1 aliphatic rings. The van der Waals surface area contributed by atoms with Crippen LogP contribution >= 0.6 is 11.8 Å². The predicted molar refractivity (Wildman–Crippen MR) is 77.8 cm³/mol. The van der Waals surface area contributed by atoms with E-state index in [4.69, 9.17) is 5.73 Å². The van der Waals surface area contributed by atoms with Crippen LogP contribution in [0.4, 0.5) is 5.69 Å². The Morgan fingerprint density at radius 2 is 2.06 bits per heavy atom. The molecule has 18 heavy (non-hydrogen) atoms. The molecule has 3 nitrogen and oxygen atoms in total. The first-order valence-corrected chi connectivity index (χ1v) is 7.54. The van der Waals surface area contributed by atoms with Crippen molar-refractivity contribution < 1.29 is 4.79 Å². The van der Waals surface area contributed by atoms with Gasteiger partial charge in [0, 0.05) is 17.5 Å². The van der Waals surface area contributed by atoms with Gasteiger partial charge in [-0.15, -0.1) is 0 Å². The lowest BCUT2D eigenvalue weighted by Gasteiger charge is -2.17. The van der Waals surface area contributed by atoms with Crippen molar-refractivity contribution in [1.29, 1.82) is 0 Å². The zero-order chi connectivity index (χ0) is 13.2. The Morgan fingerprint density at radius 3 is 2.56 bits per heavy atom. The molecule has 1 aromatic carbocycles. The Labute approximate surface area is 113 Å². The topological polar surface area (TPSA) is 55.1 Å². The number of anilines is 1. The minimum atomic E-state index is -0.286. The van der Waals surface area contributed by atoms with E-state index in [9.17, 15) is 4.79 Å². The van der Waals surface area contributed by atoms with E-state index in [-0.39, 0.29) is 11.3 Å². The highest BCUT2D eigenvalue weighted by atomic mass is 32.2. The van der Waals surface area contributed by atoms with Crippen molar-refractivity contribution in [3.63, 3.8) is 0 Å². The van der Waals surface area contributed by atoms with Gasteiger partial charge in [0.15, 0.2) is 0 Å². The Kier molecular flexibility index (Phi) is 3.85. The summed E-state index contributed by atoms with van der Waals surface area (Å²) in [6.45, 7) is 2.85. The summed E-state index contributed by atoms with van der Waals surface area (Å²) < 4.78 is 0. The van der Waals surface area contributed by atoms with Gasteiger partial charge in [-0.05, 0) is 36.8 Å². The maximum absolute atomic E-state index is 12.3. The standard InChI is InChI=1S/C14H20N2OS/c1-10(18-2)9-16-13(17)14(7-8-14)11-3-5-12(15)6-4-11/h3-6,10H,7-9,15H2,1-2H3,(H,16,17). The molecule has 1 unspecified atom stereocenters. The van der Waals surface area contributed by atoms with E-state index in [1.807, 2.05) is 24.3 Å². The molecule has 0 radical (unpaired) electrons. The molecule has 3 N–H and O–H groups in total. The van der Waals surface area contributed by atoms with Crippen LogP contribution in [0.15, 0.2) is 24.3 Å². The van der Waals surface area contributed by atoms with Gasteiger partial charge in [-0.25, -0.2) is 0 Å². The van der Waals surface area contributed by atoms with Crippen LogP contribution in [0.25, 0.3) is 0 Å². The number of nitrogens with two attached hydrogens (primary N) is 1. The number of nitrogen functional groups attached to an aromatic ring is 1. The van der Waals surface area contributed by atoms with Gasteiger partial charge in [0.05, 0.1) is 5.41 Å². The SMILES string of the molecule is CSC(C)CNC(=O)C1(c2ccc(N)cc2)CC1. The third-order valence-electron chi connectivity index (χ3n) is 3.60. The van der Waals surface area contributed by atoms with E-state index in [1.54, 1.807) is 11.8 Å². The lowest BCUT2D eigenvalue weighted by molar-refractivity contribution is -0.123. The molecule has 0 spiro atoms. The number of benzene rings is 1. The van der Waals surface area contributed by atoms with Crippen LogP contribution < -0.4 is 11.1 Å². The minimum absolute atomic E-state index is 0.160. The third-order valence-corrected chi connectivity index (χ3v) is 4.57. The average Bonchev–Trinajstić information content (AvgIpc) is 3.17. The van der Waals surface area contributed by atoms with Crippen molar-refractivity contribution in [2.24, 2.45) is 0 Å². The molecule has 1 aromatic rings. The Hall–Kier alpha value is -1.16. The molecular formula is C14H20N2OS. The monoisotopic (exact) mass is 264 g/mol. The molecule has 2 rings (SSSR count). The summed E-state index contributed by atoms with van der Waals surface area (Å²) in [6.07, 6.45) is 3.94. The second kappa shape index (κ2) is 5.22. The van der Waals surface area contributed by atoms with Gasteiger partial charge in [-0.3, -0.25) is 4.79 Å². The zero-order valence-electron chi connectivity index (χ0n) is 10.9. The van der Waals surface area contributed by atoms with Crippen molar-refractivity contribution in [2.75, 3.05) is 18.5 Å². The van der Waals surface area contributed by atoms with Crippen LogP contribution in [0.2, 0.25) is 0 Å². The largest absolute Gasteiger partial charge is 0.399 e. The van der Waals surface area contributed by atoms with E-state index >= 15 is 0 Å². The molecule has 4 heteroatoms. The van der Waals surface area contributed by atoms with Crippen molar-refractivity contribution in [3.05, 3.63) is 29.8 Å². The Bertz CT molecular complexity index is 426. The van der Waals surface area contributed by atoms with Crippen LogP contribution in [0, 0.1) is 0 Å². The van der Waals surface area contributed by atoms with Gasteiger partial charge >= 0.3 is 0 Å². The first kappa shape index (κ1) is 13.3. The summed E-state index contributed by atoms with van der Waals surface area (Å²) in [5.41, 5.74) is 7.22. The second-order valence-electron chi connectivity index (χ2n) is 4.96. The summed E-state index contributed by atoms with van der Waals surface area (Å²) in [7, 11) is 0. The lowest BCUT2D eigenvalue weighted by atomic mass is 9.95. The zero-order valence-corrected chi connectivity index (χ0v) is 11.7. The van der Waals surface area contributed by atoms with Gasteiger partial charge < -0.3 is 11.1 Å². The number of nitrogens with one attached hydrogen (secondary N) is 1. The van der Waals surface area contributed by atoms with E-state index in [0.717, 1.165) is 30.6 Å². The Morgan fingerprint density at radius 1 is 1.44 bits per heavy atom. The summed E-state index contributed by atoms with van der Waals surface area (Å²) in [6, 6.07) is 7.68. The van der Waals surface area contributed by atoms with E-state index in [0.29, 0.717) is 5.25 Å². The van der Waals surface area contributed by atoms with E-state index < -0.39 is 0 Å². The molecule has 1 aliphatic carbocycles. The van der Waals surface area contributed by atoms with Crippen molar-refractivity contribution >= 4 is 23.4 Å². The maximum Gasteiger partial charge on any atom is 0.230 e. The molecule has 98 valence electrons. The number of hydrogen-bond donors (Lipinski definition) is 2. The number of carbonyl (C=O) groups excluding carboxylic acids is 1. The van der Waals surface area contributed by atoms with Crippen molar-refractivity contribution in [1.82, 2.24) is 5.32 Å². The van der Waals surface area contributed by atoms with Gasteiger partial charge in [-0.2, -0.15) is 11.8 Å². The van der Waals surface area contributed by atoms with E-state index in [1.165, 1.54) is 0 Å². The average molecular weight is 264 g/mol. The number of amides is 1. The first-order chi connectivity index (χ1) is 8.58. The highest BCUT2D eigenvalue weighted by molar-refractivity contribution is 7.99. The summed E-state index contributed by atoms with van der Waals surface area (Å²) in [5.74, 6) is 0.160. The first-order valence-electron chi connectivity index (χ1n) is 6.25. The fourth-order valence-corrected chi connectivity index (χ4v) is 2.31. The highest BCUT2D eigenvalue weighted by Crippen LogP contribution is 2.48. The molecule has 0 aliphatic heterocycles. The predicted octanol–water partition coefficient (Wildman–Crippen LogP) is 2.17. The number of rotatable bonds is 5. The quantitative estimate of drug-likeness (QED) is 0.801. The molecule has 0 heterocycles. The van der Waals surface area contributed by atoms with Crippen LogP contribution in [-0.4, -0.2) is 24.0 Å². The molecule has 0 bridgehead atoms. The van der Waals surface area contributed by atoms with Crippen LogP contribution in [-0.2, 0) is 10.2 Å². The molecule has 1 atom stereocenters. The number of hydrogen-bond acceptors (Lipinski definition) is 3. The summed E-state index contributed by atoms with van der Waals surface area (Å²) >= 11 is 1.76. The fraction of sp³-hybridized carbons (Fsp3) is 0.500. The summed E-state index contributed by atoms with van der Waals surface area (Å²) in [4.78, 5) is 12.3. The van der Waals surface area contributed by atoms with Crippen LogP contribution in [0.3, 0.4) is 0 Å². The smallest absolute Gasteiger partial charge is 0.230 e. The number of carbonyl (C=O) groups is 1. The maximum atomic E-state index is 12.3. The Balaban J connectivity index is 2.03. The lowest BCUT2D eigenvalue weighted by Crippen LogP contribution is -2.37. The molecule has 1 fully saturated rings. The summed E-state index contributed by atoms with van der Waals surface area (Å²) in [5, 5.41) is 3.51. The van der Waals surface area contributed by atoms with Crippen LogP contribution in [0.5, 0.6) is 0 Å². The van der Waals surface area contributed by atoms with Gasteiger partial charge in [0.25, 0.3) is 0 Å². The van der Waals surface area contributed by atoms with E-state index in [2.05, 4.69) is 18.5 Å². The van der Waals surface area contributed by atoms with Crippen molar-refractivity contribution in [2.45, 2.75) is 30.4 Å². The number of thioether (sulfide) groups is 1. The minimum Gasteiger partial charge on any atom is -0.399 e.